The van der Waals surface area contributed by atoms with E-state index in [1.165, 1.54) is 0 Å². The molecule has 0 amide bonds. The lowest BCUT2D eigenvalue weighted by atomic mass is 10.6. The Bertz CT molecular complexity index is 318. The van der Waals surface area contributed by atoms with Crippen molar-refractivity contribution in [3.05, 3.63) is 11.6 Å². The van der Waals surface area contributed by atoms with E-state index in [1.54, 1.807) is 0 Å². The van der Waals surface area contributed by atoms with Gasteiger partial charge < -0.3 is 9.84 Å². The minimum Gasteiger partial charge on any atom is -0.475 e. The van der Waals surface area contributed by atoms with Crippen molar-refractivity contribution in [2.75, 3.05) is 7.11 Å². The molecule has 0 aliphatic rings. The van der Waals surface area contributed by atoms with Crippen LogP contribution in [0, 0.1) is 0 Å². The lowest BCUT2D eigenvalue weighted by Gasteiger charge is -1.89. The van der Waals surface area contributed by atoms with Gasteiger partial charge in [0, 0.05) is 0 Å². The molecule has 0 saturated heterocycles. The van der Waals surface area contributed by atoms with Gasteiger partial charge in [0.15, 0.2) is 0 Å². The summed E-state index contributed by atoms with van der Waals surface area (Å²) < 4.78 is 4.26. The van der Waals surface area contributed by atoms with Crippen LogP contribution in [0.5, 0.6) is 0 Å². The molecule has 12 heavy (non-hydrogen) atoms. The van der Waals surface area contributed by atoms with Gasteiger partial charge in [0.05, 0.1) is 7.11 Å². The molecule has 7 heteroatoms. The highest BCUT2D eigenvalue weighted by Crippen LogP contribution is 1.93. The molecule has 0 saturated carbocycles. The highest BCUT2D eigenvalue weighted by atomic mass is 16.5. The van der Waals surface area contributed by atoms with Gasteiger partial charge in [-0.15, -0.1) is 5.10 Å². The first-order valence-electron chi connectivity index (χ1n) is 2.89. The predicted molar refractivity (Wildman–Crippen MR) is 34.7 cm³/mol. The summed E-state index contributed by atoms with van der Waals surface area (Å²) in [4.78, 5) is 24.3. The molecule has 1 rings (SSSR count). The third kappa shape index (κ3) is 1.39. The molecule has 0 radical (unpaired) electrons. The van der Waals surface area contributed by atoms with E-state index in [-0.39, 0.29) is 5.82 Å². The number of carbonyl (C=O) groups is 2. The Morgan fingerprint density at radius 2 is 2.25 bits per heavy atom. The molecule has 1 aromatic rings. The number of methoxy groups -OCH3 is 1. The van der Waals surface area contributed by atoms with Crippen molar-refractivity contribution in [3.8, 4) is 0 Å². The number of aromatic nitrogens is 3. The minimum atomic E-state index is -1.30. The molecule has 0 aliphatic heterocycles. The van der Waals surface area contributed by atoms with Gasteiger partial charge in [-0.25, -0.2) is 9.59 Å². The van der Waals surface area contributed by atoms with Crippen LogP contribution in [-0.4, -0.2) is 39.3 Å². The Balaban J connectivity index is 2.91. The van der Waals surface area contributed by atoms with Crippen LogP contribution >= 0.6 is 0 Å². The maximum Gasteiger partial charge on any atom is 0.375 e. The van der Waals surface area contributed by atoms with Crippen molar-refractivity contribution >= 4 is 11.9 Å². The van der Waals surface area contributed by atoms with Gasteiger partial charge in [-0.2, -0.15) is 4.98 Å². The molecule has 0 atom stereocenters. The number of nitrogens with zero attached hydrogens (tertiary/aromatic N) is 2. The van der Waals surface area contributed by atoms with E-state index in [1.807, 2.05) is 0 Å². The Morgan fingerprint density at radius 1 is 1.58 bits per heavy atom. The van der Waals surface area contributed by atoms with Gasteiger partial charge in [-0.3, -0.25) is 5.10 Å². The fourth-order valence-electron chi connectivity index (χ4n) is 0.545. The third-order valence-electron chi connectivity index (χ3n) is 1.06. The van der Waals surface area contributed by atoms with Gasteiger partial charge in [-0.05, 0) is 0 Å². The molecule has 0 spiro atoms. The summed E-state index contributed by atoms with van der Waals surface area (Å²) in [6.45, 7) is 0. The summed E-state index contributed by atoms with van der Waals surface area (Å²) >= 11 is 0. The molecular weight excluding hydrogens is 166 g/mol. The maximum absolute atomic E-state index is 10.7. The minimum absolute atomic E-state index is 0.227. The maximum atomic E-state index is 10.7. The lowest BCUT2D eigenvalue weighted by molar-refractivity contribution is 0.0587. The van der Waals surface area contributed by atoms with Crippen LogP contribution in [-0.2, 0) is 4.74 Å². The summed E-state index contributed by atoms with van der Waals surface area (Å²) in [5.41, 5.74) is 0. The number of ether oxygens (including phenoxy) is 1. The monoisotopic (exact) mass is 171 g/mol. The zero-order chi connectivity index (χ0) is 9.14. The fraction of sp³-hybridized carbons (Fsp3) is 0.200. The summed E-state index contributed by atoms with van der Waals surface area (Å²) in [5, 5.41) is 13.7. The summed E-state index contributed by atoms with van der Waals surface area (Å²) in [6, 6.07) is 0. The van der Waals surface area contributed by atoms with E-state index in [4.69, 9.17) is 5.11 Å². The van der Waals surface area contributed by atoms with Gasteiger partial charge in [0.25, 0.3) is 5.82 Å². The van der Waals surface area contributed by atoms with Crippen LogP contribution in [0.3, 0.4) is 0 Å². The Hall–Kier alpha value is -1.92. The molecule has 0 unspecified atom stereocenters. The molecule has 1 heterocycles. The van der Waals surface area contributed by atoms with E-state index >= 15 is 0 Å². The first-order chi connectivity index (χ1) is 5.65. The van der Waals surface area contributed by atoms with Crippen LogP contribution in [0.2, 0.25) is 0 Å². The van der Waals surface area contributed by atoms with E-state index in [0.29, 0.717) is 0 Å². The number of carboxylic acid groups (broad SMARTS) is 1. The zero-order valence-corrected chi connectivity index (χ0v) is 6.07. The van der Waals surface area contributed by atoms with Gasteiger partial charge in [0.1, 0.15) is 0 Å². The van der Waals surface area contributed by atoms with Crippen LogP contribution in [0.1, 0.15) is 21.2 Å². The first kappa shape index (κ1) is 8.18. The van der Waals surface area contributed by atoms with Crippen molar-refractivity contribution in [2.45, 2.75) is 0 Å². The summed E-state index contributed by atoms with van der Waals surface area (Å²) in [6.07, 6.45) is 0. The number of carbonyl (C=O) groups excluding carboxylic acids is 1. The van der Waals surface area contributed by atoms with Crippen LogP contribution in [0.15, 0.2) is 0 Å². The Kier molecular flexibility index (Phi) is 2.04. The number of H-pyrrole nitrogens is 1. The largest absolute Gasteiger partial charge is 0.475 e. The van der Waals surface area contributed by atoms with Crippen molar-refractivity contribution in [2.24, 2.45) is 0 Å². The highest BCUT2D eigenvalue weighted by Gasteiger charge is 2.15. The van der Waals surface area contributed by atoms with Gasteiger partial charge in [-0.1, -0.05) is 0 Å². The molecule has 0 bridgehead atoms. The van der Waals surface area contributed by atoms with Crippen LogP contribution < -0.4 is 0 Å². The summed E-state index contributed by atoms with van der Waals surface area (Å²) in [7, 11) is 1.16. The van der Waals surface area contributed by atoms with Crippen molar-refractivity contribution in [1.29, 1.82) is 0 Å². The molecule has 64 valence electrons. The zero-order valence-electron chi connectivity index (χ0n) is 6.07. The Morgan fingerprint density at radius 3 is 2.67 bits per heavy atom. The predicted octanol–water partition coefficient (Wildman–Crippen LogP) is -0.711. The Labute approximate surface area is 66.4 Å². The first-order valence-corrected chi connectivity index (χ1v) is 2.89. The van der Waals surface area contributed by atoms with Crippen molar-refractivity contribution < 1.29 is 19.4 Å². The quantitative estimate of drug-likeness (QED) is 0.569. The highest BCUT2D eigenvalue weighted by molar-refractivity contribution is 5.88. The van der Waals surface area contributed by atoms with Crippen molar-refractivity contribution in [3.63, 3.8) is 0 Å². The molecule has 0 fully saturated rings. The SMILES string of the molecule is COC(=O)c1nc(C(=O)O)n[nH]1. The third-order valence-corrected chi connectivity index (χ3v) is 1.06. The fourth-order valence-corrected chi connectivity index (χ4v) is 0.545. The van der Waals surface area contributed by atoms with Gasteiger partial charge in [0.2, 0.25) is 5.82 Å². The van der Waals surface area contributed by atoms with Crippen LogP contribution in [0.4, 0.5) is 0 Å². The number of hydrogen-bond acceptors (Lipinski definition) is 5. The number of esters is 1. The number of hydrogen-bond donors (Lipinski definition) is 2. The average molecular weight is 171 g/mol. The van der Waals surface area contributed by atoms with E-state index < -0.39 is 17.8 Å². The number of aromatic amines is 1. The second kappa shape index (κ2) is 2.99. The number of carboxylic acids is 1. The number of nitrogens with one attached hydrogen (secondary N) is 1. The molecule has 1 aromatic heterocycles. The van der Waals surface area contributed by atoms with E-state index in [0.717, 1.165) is 7.11 Å². The van der Waals surface area contributed by atoms with E-state index in [9.17, 15) is 9.59 Å². The normalized spacial score (nSPS) is 9.42. The number of rotatable bonds is 2. The topological polar surface area (TPSA) is 105 Å². The average Bonchev–Trinajstić information content (AvgIpc) is 2.51. The van der Waals surface area contributed by atoms with Crippen molar-refractivity contribution in [1.82, 2.24) is 15.2 Å². The summed E-state index contributed by atoms with van der Waals surface area (Å²) in [5.74, 6) is -2.75. The molecule has 7 nitrogen and oxygen atoms in total. The molecule has 2 N–H and O–H groups in total. The number of aromatic carboxylic acids is 1. The molecule has 0 aliphatic carbocycles. The second-order valence-electron chi connectivity index (χ2n) is 1.80. The second-order valence-corrected chi connectivity index (χ2v) is 1.80. The smallest absolute Gasteiger partial charge is 0.375 e. The van der Waals surface area contributed by atoms with Gasteiger partial charge >= 0.3 is 11.9 Å². The van der Waals surface area contributed by atoms with E-state index in [2.05, 4.69) is 19.9 Å². The lowest BCUT2D eigenvalue weighted by Crippen LogP contribution is -2.04. The molecular formula is C5H5N3O4. The molecule has 0 aromatic carbocycles. The standard InChI is InChI=1S/C5H5N3O4/c1-12-5(11)3-6-2(4(9)10)7-8-3/h1H3,(H,9,10)(H,6,7,8). The van der Waals surface area contributed by atoms with Crippen LogP contribution in [0.25, 0.3) is 0 Å².